The number of nitrogens with zero attached hydrogens (tertiary/aromatic N) is 2. The zero-order valence-electron chi connectivity index (χ0n) is 9.53. The Kier molecular flexibility index (Phi) is 3.95. The van der Waals surface area contributed by atoms with Crippen molar-refractivity contribution in [1.29, 1.82) is 0 Å². The molecule has 3 N–H and O–H groups in total. The maximum absolute atomic E-state index is 11.9. The summed E-state index contributed by atoms with van der Waals surface area (Å²) < 4.78 is 1.55. The molecule has 0 radical (unpaired) electrons. The third-order valence-electron chi connectivity index (χ3n) is 2.30. The molecule has 5 heteroatoms. The number of anilines is 1. The lowest BCUT2D eigenvalue weighted by atomic mass is 10.2. The fourth-order valence-corrected chi connectivity index (χ4v) is 1.38. The molecule has 0 aliphatic carbocycles. The Bertz CT molecular complexity index is 416. The fraction of sp³-hybridized carbons (Fsp3) is 0.455. The summed E-state index contributed by atoms with van der Waals surface area (Å²) in [5, 5.41) is 6.71. The van der Waals surface area contributed by atoms with Crippen LogP contribution < -0.4 is 11.1 Å². The maximum Gasteiger partial charge on any atom is 0.272 e. The minimum atomic E-state index is -0.276. The molecule has 0 aliphatic rings. The Morgan fingerprint density at radius 3 is 2.94 bits per heavy atom. The molecule has 0 saturated heterocycles. The van der Waals surface area contributed by atoms with Crippen molar-refractivity contribution >= 4 is 11.6 Å². The Labute approximate surface area is 95.0 Å². The largest absolute Gasteiger partial charge is 0.396 e. The van der Waals surface area contributed by atoms with Crippen molar-refractivity contribution in [3.63, 3.8) is 0 Å². The average Bonchev–Trinajstić information content (AvgIpc) is 2.67. The first-order valence-electron chi connectivity index (χ1n) is 5.22. The predicted octanol–water partition coefficient (Wildman–Crippen LogP) is 0.627. The van der Waals surface area contributed by atoms with E-state index in [-0.39, 0.29) is 11.9 Å². The lowest BCUT2D eigenvalue weighted by Gasteiger charge is -2.11. The zero-order chi connectivity index (χ0) is 12.1. The van der Waals surface area contributed by atoms with Crippen molar-refractivity contribution in [3.8, 4) is 12.3 Å². The number of hydrogen-bond acceptors (Lipinski definition) is 3. The molecule has 1 aromatic heterocycles. The molecule has 1 unspecified atom stereocenters. The van der Waals surface area contributed by atoms with Crippen LogP contribution in [0.15, 0.2) is 6.20 Å². The summed E-state index contributed by atoms with van der Waals surface area (Å²) in [5.74, 6) is 2.22. The van der Waals surface area contributed by atoms with E-state index in [0.717, 1.165) is 0 Å². The highest BCUT2D eigenvalue weighted by Gasteiger charge is 2.17. The Balaban J connectivity index is 2.88. The van der Waals surface area contributed by atoms with E-state index in [1.54, 1.807) is 4.68 Å². The van der Waals surface area contributed by atoms with Crippen LogP contribution in [-0.2, 0) is 6.54 Å². The van der Waals surface area contributed by atoms with Gasteiger partial charge in [0, 0.05) is 6.54 Å². The summed E-state index contributed by atoms with van der Waals surface area (Å²) in [5.41, 5.74) is 6.42. The summed E-state index contributed by atoms with van der Waals surface area (Å²) in [6, 6.07) is -0.271. The highest BCUT2D eigenvalue weighted by atomic mass is 16.2. The van der Waals surface area contributed by atoms with Gasteiger partial charge >= 0.3 is 0 Å². The first kappa shape index (κ1) is 12.1. The van der Waals surface area contributed by atoms with Gasteiger partial charge in [-0.2, -0.15) is 5.10 Å². The molecule has 0 aliphatic heterocycles. The number of nitrogens with one attached hydrogen (secondary N) is 1. The summed E-state index contributed by atoms with van der Waals surface area (Å²) in [4.78, 5) is 11.9. The van der Waals surface area contributed by atoms with E-state index in [2.05, 4.69) is 16.3 Å². The zero-order valence-corrected chi connectivity index (χ0v) is 9.53. The number of aryl methyl sites for hydroxylation is 1. The van der Waals surface area contributed by atoms with Gasteiger partial charge in [0.2, 0.25) is 0 Å². The molecule has 0 spiro atoms. The van der Waals surface area contributed by atoms with E-state index in [4.69, 9.17) is 12.2 Å². The van der Waals surface area contributed by atoms with Gasteiger partial charge in [0.1, 0.15) is 5.69 Å². The van der Waals surface area contributed by atoms with Crippen molar-refractivity contribution in [1.82, 2.24) is 15.1 Å². The van der Waals surface area contributed by atoms with Crippen molar-refractivity contribution < 1.29 is 4.79 Å². The summed E-state index contributed by atoms with van der Waals surface area (Å²) in [6.45, 7) is 4.39. The Morgan fingerprint density at radius 2 is 2.44 bits per heavy atom. The molecular formula is C11H16N4O. The number of nitrogens with two attached hydrogens (primary N) is 1. The van der Waals surface area contributed by atoms with Gasteiger partial charge in [0.25, 0.3) is 5.91 Å². The van der Waals surface area contributed by atoms with E-state index in [1.165, 1.54) is 6.20 Å². The second-order valence-electron chi connectivity index (χ2n) is 3.37. The molecule has 0 fully saturated rings. The van der Waals surface area contributed by atoms with Crippen molar-refractivity contribution in [2.24, 2.45) is 0 Å². The standard InChI is InChI=1S/C11H16N4O/c1-4-8(5-2)14-11(16)10-9(12)7-13-15(10)6-3/h1,7-8H,5-6,12H2,2-3H3,(H,14,16). The molecule has 0 aromatic carbocycles. The SMILES string of the molecule is C#CC(CC)NC(=O)c1c(N)cnn1CC. The van der Waals surface area contributed by atoms with Crippen LogP contribution in [0.2, 0.25) is 0 Å². The number of carbonyl (C=O) groups excluding carboxylic acids is 1. The lowest BCUT2D eigenvalue weighted by molar-refractivity contribution is 0.0935. The molecule has 1 atom stereocenters. The van der Waals surface area contributed by atoms with E-state index < -0.39 is 0 Å². The van der Waals surface area contributed by atoms with Crippen LogP contribution in [0.1, 0.15) is 30.8 Å². The molecule has 1 heterocycles. The summed E-state index contributed by atoms with van der Waals surface area (Å²) >= 11 is 0. The van der Waals surface area contributed by atoms with Gasteiger partial charge in [0.15, 0.2) is 0 Å². The number of nitrogen functional groups attached to an aromatic ring is 1. The molecule has 1 amide bonds. The van der Waals surface area contributed by atoms with Crippen LogP contribution in [0.25, 0.3) is 0 Å². The average molecular weight is 220 g/mol. The topological polar surface area (TPSA) is 72.9 Å². The molecule has 0 saturated carbocycles. The second-order valence-corrected chi connectivity index (χ2v) is 3.37. The van der Waals surface area contributed by atoms with E-state index in [0.29, 0.717) is 24.3 Å². The summed E-state index contributed by atoms with van der Waals surface area (Å²) in [6.07, 6.45) is 7.43. The first-order chi connectivity index (χ1) is 7.63. The molecular weight excluding hydrogens is 204 g/mol. The number of amides is 1. The van der Waals surface area contributed by atoms with E-state index >= 15 is 0 Å². The van der Waals surface area contributed by atoms with Crippen LogP contribution in [0.5, 0.6) is 0 Å². The van der Waals surface area contributed by atoms with Crippen molar-refractivity contribution in [2.45, 2.75) is 32.9 Å². The van der Waals surface area contributed by atoms with E-state index in [1.807, 2.05) is 13.8 Å². The van der Waals surface area contributed by atoms with Gasteiger partial charge in [-0.25, -0.2) is 0 Å². The number of terminal acetylenes is 1. The maximum atomic E-state index is 11.9. The Hall–Kier alpha value is -1.96. The number of carbonyl (C=O) groups is 1. The molecule has 1 rings (SSSR count). The molecule has 1 aromatic rings. The predicted molar refractivity (Wildman–Crippen MR) is 62.7 cm³/mol. The van der Waals surface area contributed by atoms with Crippen LogP contribution >= 0.6 is 0 Å². The van der Waals surface area contributed by atoms with Crippen LogP contribution in [0, 0.1) is 12.3 Å². The third-order valence-corrected chi connectivity index (χ3v) is 2.30. The van der Waals surface area contributed by atoms with Gasteiger partial charge in [-0.15, -0.1) is 6.42 Å². The molecule has 16 heavy (non-hydrogen) atoms. The Morgan fingerprint density at radius 1 is 1.75 bits per heavy atom. The van der Waals surface area contributed by atoms with Gasteiger partial charge in [0.05, 0.1) is 17.9 Å². The minimum Gasteiger partial charge on any atom is -0.396 e. The highest BCUT2D eigenvalue weighted by Crippen LogP contribution is 2.10. The molecule has 5 nitrogen and oxygen atoms in total. The quantitative estimate of drug-likeness (QED) is 0.731. The van der Waals surface area contributed by atoms with Crippen LogP contribution in [0.3, 0.4) is 0 Å². The third kappa shape index (κ3) is 2.34. The van der Waals surface area contributed by atoms with Gasteiger partial charge in [-0.1, -0.05) is 12.8 Å². The molecule has 0 bridgehead atoms. The molecule has 86 valence electrons. The summed E-state index contributed by atoms with van der Waals surface area (Å²) in [7, 11) is 0. The van der Waals surface area contributed by atoms with Crippen molar-refractivity contribution in [3.05, 3.63) is 11.9 Å². The second kappa shape index (κ2) is 5.21. The van der Waals surface area contributed by atoms with Gasteiger partial charge in [-0.3, -0.25) is 9.48 Å². The monoisotopic (exact) mass is 220 g/mol. The van der Waals surface area contributed by atoms with Crippen LogP contribution in [-0.4, -0.2) is 21.7 Å². The van der Waals surface area contributed by atoms with Crippen LogP contribution in [0.4, 0.5) is 5.69 Å². The highest BCUT2D eigenvalue weighted by molar-refractivity contribution is 5.97. The number of aromatic nitrogens is 2. The smallest absolute Gasteiger partial charge is 0.272 e. The first-order valence-corrected chi connectivity index (χ1v) is 5.22. The lowest BCUT2D eigenvalue weighted by Crippen LogP contribution is -2.35. The van der Waals surface area contributed by atoms with E-state index in [9.17, 15) is 4.79 Å². The number of rotatable bonds is 4. The normalized spacial score (nSPS) is 11.8. The van der Waals surface area contributed by atoms with Gasteiger partial charge in [-0.05, 0) is 13.3 Å². The fourth-order valence-electron chi connectivity index (χ4n) is 1.38. The van der Waals surface area contributed by atoms with Crippen molar-refractivity contribution in [2.75, 3.05) is 5.73 Å². The number of hydrogen-bond donors (Lipinski definition) is 2. The minimum absolute atomic E-state index is 0.271. The van der Waals surface area contributed by atoms with Gasteiger partial charge < -0.3 is 11.1 Å².